The van der Waals surface area contributed by atoms with Crippen LogP contribution in [0.1, 0.15) is 66.9 Å². The molecular formula is C30H44N4O7. The quantitative estimate of drug-likeness (QED) is 0.163. The molecule has 3 atom stereocenters. The second-order valence-electron chi connectivity index (χ2n) is 12.3. The largest absolute Gasteiger partial charge is 0.444 e. The van der Waals surface area contributed by atoms with Gasteiger partial charge in [0.1, 0.15) is 17.4 Å². The van der Waals surface area contributed by atoms with Crippen molar-refractivity contribution in [2.24, 2.45) is 11.8 Å². The predicted octanol–water partition coefficient (Wildman–Crippen LogP) is 3.60. The van der Waals surface area contributed by atoms with Crippen LogP contribution in [-0.4, -0.2) is 65.8 Å². The van der Waals surface area contributed by atoms with E-state index in [1.54, 1.807) is 39.0 Å². The second kappa shape index (κ2) is 13.8. The first-order valence-corrected chi connectivity index (χ1v) is 14.3. The van der Waals surface area contributed by atoms with E-state index in [9.17, 15) is 19.2 Å². The van der Waals surface area contributed by atoms with E-state index in [1.165, 1.54) is 0 Å². The first kappa shape index (κ1) is 31.9. The van der Waals surface area contributed by atoms with Crippen LogP contribution in [0, 0.1) is 11.8 Å². The highest BCUT2D eigenvalue weighted by atomic mass is 16.6. The molecule has 1 aromatic carbocycles. The minimum absolute atomic E-state index is 0.179. The summed E-state index contributed by atoms with van der Waals surface area (Å²) in [6, 6.07) is 4.45. The van der Waals surface area contributed by atoms with Gasteiger partial charge in [-0.2, -0.15) is 0 Å². The SMILES string of the molecule is CC(C)CCNC(=O)[C@H](CC(C)C)NC(=O)[C@H]1O[C@@H]1C(=O)Oc1ccc2[nH]cc(CCNC(=O)OC(C)(C)C)c2c1. The maximum Gasteiger partial charge on any atom is 0.407 e. The summed E-state index contributed by atoms with van der Waals surface area (Å²) in [5.41, 5.74) is 1.20. The maximum absolute atomic E-state index is 12.8. The molecular weight excluding hydrogens is 528 g/mol. The molecule has 11 nitrogen and oxygen atoms in total. The third-order valence-electron chi connectivity index (χ3n) is 6.36. The zero-order chi connectivity index (χ0) is 30.3. The molecule has 2 heterocycles. The molecule has 41 heavy (non-hydrogen) atoms. The van der Waals surface area contributed by atoms with Crippen LogP contribution in [-0.2, 0) is 30.3 Å². The lowest BCUT2D eigenvalue weighted by atomic mass is 10.0. The topological polar surface area (TPSA) is 151 Å². The summed E-state index contributed by atoms with van der Waals surface area (Å²) < 4.78 is 16.1. The van der Waals surface area contributed by atoms with Gasteiger partial charge in [0.15, 0.2) is 12.2 Å². The number of esters is 1. The number of hydrogen-bond acceptors (Lipinski definition) is 7. The maximum atomic E-state index is 12.8. The number of nitrogens with one attached hydrogen (secondary N) is 4. The van der Waals surface area contributed by atoms with Crippen molar-refractivity contribution in [2.75, 3.05) is 13.1 Å². The minimum atomic E-state index is -1.04. The number of aromatic amines is 1. The Kier molecular flexibility index (Phi) is 10.8. The van der Waals surface area contributed by atoms with Crippen molar-refractivity contribution >= 4 is 34.8 Å². The molecule has 2 aromatic rings. The van der Waals surface area contributed by atoms with Gasteiger partial charge in [-0.05, 0) is 75.6 Å². The van der Waals surface area contributed by atoms with E-state index in [2.05, 4.69) is 34.8 Å². The molecule has 0 unspecified atom stereocenters. The minimum Gasteiger partial charge on any atom is -0.444 e. The first-order chi connectivity index (χ1) is 19.2. The number of ether oxygens (including phenoxy) is 3. The number of fused-ring (bicyclic) bond motifs is 1. The average Bonchev–Trinajstić information content (AvgIpc) is 3.57. The van der Waals surface area contributed by atoms with E-state index >= 15 is 0 Å². The van der Waals surface area contributed by atoms with E-state index in [0.717, 1.165) is 22.9 Å². The normalized spacial score (nSPS) is 17.3. The summed E-state index contributed by atoms with van der Waals surface area (Å²) in [6.45, 7) is 14.4. The Morgan fingerprint density at radius 3 is 2.39 bits per heavy atom. The molecule has 0 spiro atoms. The number of benzene rings is 1. The number of H-pyrrole nitrogens is 1. The van der Waals surface area contributed by atoms with Crippen LogP contribution >= 0.6 is 0 Å². The summed E-state index contributed by atoms with van der Waals surface area (Å²) in [5.74, 6) is -0.513. The van der Waals surface area contributed by atoms with Crippen LogP contribution in [0.3, 0.4) is 0 Å². The fraction of sp³-hybridized carbons (Fsp3) is 0.600. The highest BCUT2D eigenvalue weighted by Crippen LogP contribution is 2.28. The lowest BCUT2D eigenvalue weighted by molar-refractivity contribution is -0.136. The number of rotatable bonds is 13. The van der Waals surface area contributed by atoms with Crippen molar-refractivity contribution < 1.29 is 33.4 Å². The number of epoxide rings is 1. The van der Waals surface area contributed by atoms with E-state index in [0.29, 0.717) is 37.6 Å². The van der Waals surface area contributed by atoms with Crippen LogP contribution in [0.15, 0.2) is 24.4 Å². The Balaban J connectivity index is 1.54. The van der Waals surface area contributed by atoms with Gasteiger partial charge in [0.05, 0.1) is 0 Å². The number of carbonyl (C=O) groups is 4. The fourth-order valence-corrected chi connectivity index (χ4v) is 4.27. The van der Waals surface area contributed by atoms with Crippen LogP contribution in [0.5, 0.6) is 5.75 Å². The van der Waals surface area contributed by atoms with Crippen molar-refractivity contribution in [2.45, 2.75) is 91.6 Å². The average molecular weight is 573 g/mol. The summed E-state index contributed by atoms with van der Waals surface area (Å²) in [4.78, 5) is 53.3. The van der Waals surface area contributed by atoms with Crippen molar-refractivity contribution in [3.63, 3.8) is 0 Å². The Labute approximate surface area is 241 Å². The van der Waals surface area contributed by atoms with Gasteiger partial charge < -0.3 is 35.1 Å². The third-order valence-corrected chi connectivity index (χ3v) is 6.36. The Morgan fingerprint density at radius 2 is 1.73 bits per heavy atom. The number of aromatic nitrogens is 1. The standard InChI is InChI=1S/C30H44N4O7/c1-17(2)10-12-31-26(35)23(14-18(3)4)34-27(36)24-25(40-24)28(37)39-20-8-9-22-21(15-20)19(16-33-22)11-13-32-29(38)41-30(5,6)7/h8-9,15-18,23-25,33H,10-14H2,1-7H3,(H,31,35)(H,32,38)(H,34,36)/t23-,24-,25-/m0/s1. The van der Waals surface area contributed by atoms with Gasteiger partial charge in [0.25, 0.3) is 5.91 Å². The van der Waals surface area contributed by atoms with Crippen molar-refractivity contribution in [1.29, 1.82) is 0 Å². The number of hydrogen-bond donors (Lipinski definition) is 4. The lowest BCUT2D eigenvalue weighted by Gasteiger charge is -2.20. The van der Waals surface area contributed by atoms with Crippen molar-refractivity contribution in [3.8, 4) is 5.75 Å². The smallest absolute Gasteiger partial charge is 0.407 e. The third kappa shape index (κ3) is 10.1. The van der Waals surface area contributed by atoms with Crippen LogP contribution < -0.4 is 20.7 Å². The zero-order valence-electron chi connectivity index (χ0n) is 25.1. The molecule has 11 heteroatoms. The van der Waals surface area contributed by atoms with E-state index in [4.69, 9.17) is 14.2 Å². The van der Waals surface area contributed by atoms with Crippen LogP contribution in [0.25, 0.3) is 10.9 Å². The van der Waals surface area contributed by atoms with E-state index < -0.39 is 41.8 Å². The molecule has 1 aliphatic heterocycles. The molecule has 1 fully saturated rings. The highest BCUT2D eigenvalue weighted by molar-refractivity contribution is 5.96. The molecule has 0 radical (unpaired) electrons. The van der Waals surface area contributed by atoms with Crippen molar-refractivity contribution in [1.82, 2.24) is 20.9 Å². The van der Waals surface area contributed by atoms with E-state index in [-0.39, 0.29) is 11.8 Å². The van der Waals surface area contributed by atoms with Gasteiger partial charge in [0, 0.05) is 30.2 Å². The van der Waals surface area contributed by atoms with Crippen molar-refractivity contribution in [3.05, 3.63) is 30.0 Å². The number of carbonyl (C=O) groups excluding carboxylic acids is 4. The van der Waals surface area contributed by atoms with Gasteiger partial charge in [-0.25, -0.2) is 9.59 Å². The van der Waals surface area contributed by atoms with Gasteiger partial charge in [-0.3, -0.25) is 9.59 Å². The molecule has 0 bridgehead atoms. The molecule has 1 aromatic heterocycles. The Bertz CT molecular complexity index is 1230. The summed E-state index contributed by atoms with van der Waals surface area (Å²) in [5, 5.41) is 9.19. The monoisotopic (exact) mass is 572 g/mol. The van der Waals surface area contributed by atoms with Gasteiger partial charge >= 0.3 is 12.1 Å². The lowest BCUT2D eigenvalue weighted by Crippen LogP contribution is -2.49. The summed E-state index contributed by atoms with van der Waals surface area (Å²) in [6.07, 6.45) is 1.14. The van der Waals surface area contributed by atoms with Gasteiger partial charge in [-0.1, -0.05) is 27.7 Å². The zero-order valence-corrected chi connectivity index (χ0v) is 25.1. The van der Waals surface area contributed by atoms with Crippen LogP contribution in [0.4, 0.5) is 4.79 Å². The highest BCUT2D eigenvalue weighted by Gasteiger charge is 2.52. The number of alkyl carbamates (subject to hydrolysis) is 1. The Hall–Kier alpha value is -3.60. The fourth-order valence-electron chi connectivity index (χ4n) is 4.27. The van der Waals surface area contributed by atoms with Gasteiger partial charge in [0.2, 0.25) is 5.91 Å². The molecule has 3 rings (SSSR count). The van der Waals surface area contributed by atoms with Gasteiger partial charge in [-0.15, -0.1) is 0 Å². The molecule has 0 aliphatic carbocycles. The molecule has 0 saturated carbocycles. The predicted molar refractivity (Wildman–Crippen MR) is 154 cm³/mol. The van der Waals surface area contributed by atoms with E-state index in [1.807, 2.05) is 20.0 Å². The first-order valence-electron chi connectivity index (χ1n) is 14.3. The summed E-state index contributed by atoms with van der Waals surface area (Å²) in [7, 11) is 0. The van der Waals surface area contributed by atoms with Crippen LogP contribution in [0.2, 0.25) is 0 Å². The molecule has 1 saturated heterocycles. The second-order valence-corrected chi connectivity index (χ2v) is 12.3. The molecule has 226 valence electrons. The molecule has 3 amide bonds. The summed E-state index contributed by atoms with van der Waals surface area (Å²) >= 11 is 0. The Morgan fingerprint density at radius 1 is 1.00 bits per heavy atom. The molecule has 1 aliphatic rings. The molecule has 4 N–H and O–H groups in total. The number of amides is 3.